The van der Waals surface area contributed by atoms with Crippen LogP contribution in [0.3, 0.4) is 0 Å². The third-order valence-electron chi connectivity index (χ3n) is 5.80. The van der Waals surface area contributed by atoms with Gasteiger partial charge in [0.05, 0.1) is 10.6 Å². The highest BCUT2D eigenvalue weighted by Crippen LogP contribution is 2.33. The predicted molar refractivity (Wildman–Crippen MR) is 122 cm³/mol. The van der Waals surface area contributed by atoms with E-state index in [4.69, 9.17) is 0 Å². The number of aryl methyl sites for hydroxylation is 1. The van der Waals surface area contributed by atoms with E-state index < -0.39 is 10.0 Å². The molecule has 1 aliphatic carbocycles. The number of sulfonamides is 1. The van der Waals surface area contributed by atoms with Crippen molar-refractivity contribution < 1.29 is 13.2 Å². The Kier molecular flexibility index (Phi) is 5.93. The molecule has 0 unspecified atom stereocenters. The van der Waals surface area contributed by atoms with Gasteiger partial charge in [0.15, 0.2) is 4.34 Å². The van der Waals surface area contributed by atoms with Gasteiger partial charge in [-0.1, -0.05) is 23.1 Å². The van der Waals surface area contributed by atoms with Gasteiger partial charge in [0, 0.05) is 31.4 Å². The summed E-state index contributed by atoms with van der Waals surface area (Å²) in [5, 5.41) is 12.4. The number of benzene rings is 1. The summed E-state index contributed by atoms with van der Waals surface area (Å²) in [6, 6.07) is 5.72. The highest BCUT2D eigenvalue weighted by molar-refractivity contribution is 8.01. The fourth-order valence-electron chi connectivity index (χ4n) is 4.00. The van der Waals surface area contributed by atoms with Crippen LogP contribution in [0.5, 0.6) is 0 Å². The maximum Gasteiger partial charge on any atom is 0.243 e. The normalized spacial score (nSPS) is 19.4. The van der Waals surface area contributed by atoms with Crippen LogP contribution in [0.15, 0.2) is 27.4 Å². The summed E-state index contributed by atoms with van der Waals surface area (Å²) >= 11 is 2.88. The first-order valence-electron chi connectivity index (χ1n) is 10.7. The van der Waals surface area contributed by atoms with Crippen molar-refractivity contribution in [1.82, 2.24) is 14.5 Å². The highest BCUT2D eigenvalue weighted by Gasteiger charge is 2.30. The van der Waals surface area contributed by atoms with Gasteiger partial charge in [-0.3, -0.25) is 4.79 Å². The SMILES string of the molecule is O=C(CSc1nnc(NC2CC2)s1)N1CCCc2cc(S(=O)(=O)N3CCCC3)ccc21. The van der Waals surface area contributed by atoms with Gasteiger partial charge in [0.1, 0.15) is 0 Å². The lowest BCUT2D eigenvalue weighted by molar-refractivity contribution is -0.116. The number of carbonyl (C=O) groups excluding carboxylic acids is 1. The molecule has 0 radical (unpaired) electrons. The van der Waals surface area contributed by atoms with Crippen molar-refractivity contribution in [2.45, 2.75) is 53.8 Å². The van der Waals surface area contributed by atoms with Gasteiger partial charge < -0.3 is 10.2 Å². The Hall–Kier alpha value is -1.69. The van der Waals surface area contributed by atoms with Gasteiger partial charge in [-0.15, -0.1) is 10.2 Å². The summed E-state index contributed by atoms with van der Waals surface area (Å²) in [4.78, 5) is 15.1. The minimum Gasteiger partial charge on any atom is -0.357 e. The van der Waals surface area contributed by atoms with Crippen LogP contribution in [0, 0.1) is 0 Å². The molecule has 31 heavy (non-hydrogen) atoms. The third-order valence-corrected chi connectivity index (χ3v) is 9.67. The number of hydrogen-bond donors (Lipinski definition) is 1. The molecule has 2 fully saturated rings. The monoisotopic (exact) mass is 479 g/mol. The molecule has 2 aromatic rings. The number of rotatable bonds is 7. The number of amides is 1. The minimum atomic E-state index is -3.45. The number of carbonyl (C=O) groups is 1. The van der Waals surface area contributed by atoms with E-state index in [0.29, 0.717) is 30.6 Å². The van der Waals surface area contributed by atoms with Crippen LogP contribution < -0.4 is 10.2 Å². The molecule has 3 aliphatic rings. The third kappa shape index (κ3) is 4.59. The lowest BCUT2D eigenvalue weighted by atomic mass is 10.0. The van der Waals surface area contributed by atoms with Gasteiger partial charge in [0.25, 0.3) is 0 Å². The molecule has 5 rings (SSSR count). The number of fused-ring (bicyclic) bond motifs is 1. The summed E-state index contributed by atoms with van der Waals surface area (Å²) in [5.41, 5.74) is 1.75. The Balaban J connectivity index is 1.27. The van der Waals surface area contributed by atoms with Crippen molar-refractivity contribution in [2.24, 2.45) is 0 Å². The van der Waals surface area contributed by atoms with Crippen molar-refractivity contribution in [3.63, 3.8) is 0 Å². The quantitative estimate of drug-likeness (QED) is 0.610. The van der Waals surface area contributed by atoms with Gasteiger partial charge in [0.2, 0.25) is 21.1 Å². The minimum absolute atomic E-state index is 0.00741. The molecular formula is C20H25N5O3S3. The molecule has 8 nitrogen and oxygen atoms in total. The van der Waals surface area contributed by atoms with Crippen molar-refractivity contribution in [3.05, 3.63) is 23.8 Å². The Bertz CT molecular complexity index is 1080. The smallest absolute Gasteiger partial charge is 0.243 e. The van der Waals surface area contributed by atoms with E-state index in [1.807, 2.05) is 0 Å². The predicted octanol–water partition coefficient (Wildman–Crippen LogP) is 2.97. The van der Waals surface area contributed by atoms with Crippen LogP contribution >= 0.6 is 23.1 Å². The van der Waals surface area contributed by atoms with Gasteiger partial charge in [-0.2, -0.15) is 4.31 Å². The zero-order valence-corrected chi connectivity index (χ0v) is 19.6. The summed E-state index contributed by atoms with van der Waals surface area (Å²) in [6.45, 7) is 1.82. The van der Waals surface area contributed by atoms with Crippen molar-refractivity contribution in [3.8, 4) is 0 Å². The second-order valence-electron chi connectivity index (χ2n) is 8.13. The number of thioether (sulfide) groups is 1. The molecule has 0 atom stereocenters. The molecule has 3 heterocycles. The second-order valence-corrected chi connectivity index (χ2v) is 12.3. The molecule has 2 aliphatic heterocycles. The van der Waals surface area contributed by atoms with E-state index in [2.05, 4.69) is 15.5 Å². The second kappa shape index (κ2) is 8.68. The molecule has 11 heteroatoms. The zero-order chi connectivity index (χ0) is 21.4. The summed E-state index contributed by atoms with van der Waals surface area (Å²) in [6.07, 6.45) is 5.78. The summed E-state index contributed by atoms with van der Waals surface area (Å²) in [5.74, 6) is 0.290. The lowest BCUT2D eigenvalue weighted by Crippen LogP contribution is -2.37. The highest BCUT2D eigenvalue weighted by atomic mass is 32.2. The number of aromatic nitrogens is 2. The maximum absolute atomic E-state index is 12.9. The topological polar surface area (TPSA) is 95.5 Å². The standard InChI is InChI=1S/C20H25N5O3S3/c26-18(13-29-20-23-22-19(30-20)21-15-5-6-15)25-11-3-4-14-12-16(7-8-17(14)25)31(27,28)24-9-1-2-10-24/h7-8,12,15H,1-6,9-11,13H2,(H,21,22). The van der Waals surface area contributed by atoms with Gasteiger partial charge >= 0.3 is 0 Å². The van der Waals surface area contributed by atoms with E-state index in [0.717, 1.165) is 46.4 Å². The zero-order valence-electron chi connectivity index (χ0n) is 17.1. The number of anilines is 2. The summed E-state index contributed by atoms with van der Waals surface area (Å²) in [7, 11) is -3.45. The molecule has 166 valence electrons. The number of nitrogens with one attached hydrogen (secondary N) is 1. The number of nitrogens with zero attached hydrogens (tertiary/aromatic N) is 4. The first-order valence-corrected chi connectivity index (χ1v) is 13.9. The lowest BCUT2D eigenvalue weighted by Gasteiger charge is -2.30. The van der Waals surface area contributed by atoms with E-state index in [9.17, 15) is 13.2 Å². The largest absolute Gasteiger partial charge is 0.357 e. The van der Waals surface area contributed by atoms with E-state index in [1.54, 1.807) is 27.4 Å². The molecule has 1 aromatic carbocycles. The molecule has 0 spiro atoms. The van der Waals surface area contributed by atoms with Gasteiger partial charge in [-0.25, -0.2) is 8.42 Å². The fourth-order valence-corrected chi connectivity index (χ4v) is 7.27. The first-order chi connectivity index (χ1) is 15.0. The Labute approximate surface area is 190 Å². The van der Waals surface area contributed by atoms with Crippen molar-refractivity contribution in [1.29, 1.82) is 0 Å². The van der Waals surface area contributed by atoms with Gasteiger partial charge in [-0.05, 0) is 62.3 Å². The van der Waals surface area contributed by atoms with Crippen LogP contribution in [0.4, 0.5) is 10.8 Å². The maximum atomic E-state index is 12.9. The van der Waals surface area contributed by atoms with Crippen molar-refractivity contribution >= 4 is 49.8 Å². The fraction of sp³-hybridized carbons (Fsp3) is 0.550. The Morgan fingerprint density at radius 1 is 1.16 bits per heavy atom. The molecule has 1 saturated carbocycles. The van der Waals surface area contributed by atoms with Crippen molar-refractivity contribution in [2.75, 3.05) is 35.6 Å². The van der Waals surface area contributed by atoms with Crippen LogP contribution in [0.25, 0.3) is 0 Å². The average Bonchev–Trinajstić information content (AvgIpc) is 3.22. The summed E-state index contributed by atoms with van der Waals surface area (Å²) < 4.78 is 28.1. The average molecular weight is 480 g/mol. The molecule has 0 bridgehead atoms. The Morgan fingerprint density at radius 2 is 1.97 bits per heavy atom. The Morgan fingerprint density at radius 3 is 2.74 bits per heavy atom. The molecule has 1 aromatic heterocycles. The number of hydrogen-bond acceptors (Lipinski definition) is 8. The van der Waals surface area contributed by atoms with Crippen LogP contribution in [-0.2, 0) is 21.2 Å². The van der Waals surface area contributed by atoms with E-state index in [-0.39, 0.29) is 11.7 Å². The molecular weight excluding hydrogens is 454 g/mol. The van der Waals surface area contributed by atoms with Crippen LogP contribution in [0.1, 0.15) is 37.7 Å². The molecule has 1 amide bonds. The van der Waals surface area contributed by atoms with E-state index >= 15 is 0 Å². The van der Waals surface area contributed by atoms with E-state index in [1.165, 1.54) is 35.9 Å². The van der Waals surface area contributed by atoms with Crippen LogP contribution in [0.2, 0.25) is 0 Å². The molecule has 1 N–H and O–H groups in total. The first kappa shape index (κ1) is 21.2. The molecule has 1 saturated heterocycles. The van der Waals surface area contributed by atoms with Crippen LogP contribution in [-0.4, -0.2) is 60.3 Å².